The van der Waals surface area contributed by atoms with E-state index in [9.17, 15) is 14.4 Å². The highest BCUT2D eigenvalue weighted by Crippen LogP contribution is 2.44. The number of nitrogens with one attached hydrogen (secondary N) is 2. The first kappa shape index (κ1) is 22.5. The summed E-state index contributed by atoms with van der Waals surface area (Å²) in [5, 5.41) is 14.5. The number of carbonyl (C=O) groups excluding carboxylic acids is 2. The fourth-order valence-electron chi connectivity index (χ4n) is 4.45. The summed E-state index contributed by atoms with van der Waals surface area (Å²) in [6.45, 7) is 0.283. The van der Waals surface area contributed by atoms with Gasteiger partial charge >= 0.3 is 12.1 Å². The Balaban J connectivity index is 1.13. The Labute approximate surface area is 201 Å². The predicted molar refractivity (Wildman–Crippen MR) is 126 cm³/mol. The molecular weight excluding hydrogens is 448 g/mol. The number of hydrogen-bond donors (Lipinski definition) is 3. The third kappa shape index (κ3) is 4.84. The van der Waals surface area contributed by atoms with Crippen LogP contribution in [0.5, 0.6) is 0 Å². The minimum Gasteiger partial charge on any atom is -0.478 e. The quantitative estimate of drug-likeness (QED) is 0.459. The van der Waals surface area contributed by atoms with Gasteiger partial charge in [-0.2, -0.15) is 0 Å². The first-order valence-corrected chi connectivity index (χ1v) is 11.4. The van der Waals surface area contributed by atoms with Crippen molar-refractivity contribution >= 4 is 18.0 Å². The lowest BCUT2D eigenvalue weighted by Gasteiger charge is -2.19. The summed E-state index contributed by atoms with van der Waals surface area (Å²) >= 11 is 0. The Bertz CT molecular complexity index is 1240. The smallest absolute Gasteiger partial charge is 0.407 e. The molecule has 0 unspecified atom stereocenters. The van der Waals surface area contributed by atoms with Crippen LogP contribution in [0.3, 0.4) is 0 Å². The number of ether oxygens (including phenoxy) is 1. The zero-order chi connectivity index (χ0) is 24.4. The highest BCUT2D eigenvalue weighted by atomic mass is 16.5. The first-order valence-electron chi connectivity index (χ1n) is 11.4. The molecule has 178 valence electrons. The van der Waals surface area contributed by atoms with Crippen LogP contribution in [-0.2, 0) is 16.1 Å². The lowest BCUT2D eigenvalue weighted by atomic mass is 9.98. The van der Waals surface area contributed by atoms with Crippen LogP contribution in [0.2, 0.25) is 0 Å². The monoisotopic (exact) mass is 472 g/mol. The average molecular weight is 473 g/mol. The normalized spacial score (nSPS) is 15.0. The van der Waals surface area contributed by atoms with E-state index in [-0.39, 0.29) is 37.0 Å². The lowest BCUT2D eigenvalue weighted by Crippen LogP contribution is -2.41. The number of fused-ring (bicyclic) bond motifs is 3. The second-order valence-electron chi connectivity index (χ2n) is 8.88. The first-order chi connectivity index (χ1) is 16.9. The number of carbonyl (C=O) groups is 3. The molecule has 0 radical (unpaired) electrons. The van der Waals surface area contributed by atoms with Crippen molar-refractivity contribution in [3.05, 3.63) is 83.4 Å². The Morgan fingerprint density at radius 1 is 0.971 bits per heavy atom. The van der Waals surface area contributed by atoms with Crippen LogP contribution in [0.25, 0.3) is 11.1 Å². The summed E-state index contributed by atoms with van der Waals surface area (Å²) in [4.78, 5) is 43.7. The minimum absolute atomic E-state index is 0.0238. The SMILES string of the molecule is O=C(CC1(NC(=O)OCC2c3ccccc3-c3ccccc32)CC1)NCc1ncc(C(=O)O)cn1. The number of aromatic carboxylic acids is 1. The van der Waals surface area contributed by atoms with Gasteiger partial charge in [0.2, 0.25) is 5.91 Å². The third-order valence-corrected chi connectivity index (χ3v) is 6.46. The highest BCUT2D eigenvalue weighted by molar-refractivity contribution is 5.86. The van der Waals surface area contributed by atoms with E-state index in [0.29, 0.717) is 18.7 Å². The number of hydrogen-bond acceptors (Lipinski definition) is 6. The van der Waals surface area contributed by atoms with Gasteiger partial charge in [0, 0.05) is 24.7 Å². The fourth-order valence-corrected chi connectivity index (χ4v) is 4.45. The van der Waals surface area contributed by atoms with Crippen molar-refractivity contribution in [1.29, 1.82) is 0 Å². The van der Waals surface area contributed by atoms with Gasteiger partial charge in [-0.15, -0.1) is 0 Å². The van der Waals surface area contributed by atoms with E-state index in [1.165, 1.54) is 12.4 Å². The molecule has 0 spiro atoms. The molecule has 2 aliphatic carbocycles. The molecule has 2 aliphatic rings. The standard InChI is InChI=1S/C26H24N4O5/c31-23(29-14-22-27-12-16(13-28-22)24(32)33)11-26(9-10-26)30-25(34)35-15-21-19-7-3-1-5-17(19)18-6-2-4-8-20(18)21/h1-8,12-13,21H,9-11,14-15H2,(H,29,31)(H,30,34)(H,32,33). The lowest BCUT2D eigenvalue weighted by molar-refractivity contribution is -0.121. The van der Waals surface area contributed by atoms with Gasteiger partial charge < -0.3 is 20.5 Å². The minimum atomic E-state index is -1.12. The van der Waals surface area contributed by atoms with Crippen molar-refractivity contribution in [3.8, 4) is 11.1 Å². The van der Waals surface area contributed by atoms with Crippen molar-refractivity contribution in [2.45, 2.75) is 37.3 Å². The predicted octanol–water partition coefficient (Wildman–Crippen LogP) is 3.25. The molecule has 0 bridgehead atoms. The van der Waals surface area contributed by atoms with E-state index in [4.69, 9.17) is 9.84 Å². The van der Waals surface area contributed by atoms with E-state index >= 15 is 0 Å². The maximum Gasteiger partial charge on any atom is 0.407 e. The molecule has 2 amide bonds. The topological polar surface area (TPSA) is 131 Å². The van der Waals surface area contributed by atoms with Crippen molar-refractivity contribution in [2.75, 3.05) is 6.61 Å². The fraction of sp³-hybridized carbons (Fsp3) is 0.269. The molecular formula is C26H24N4O5. The molecule has 5 rings (SSSR count). The zero-order valence-corrected chi connectivity index (χ0v) is 18.9. The molecule has 0 aliphatic heterocycles. The second-order valence-corrected chi connectivity index (χ2v) is 8.88. The van der Waals surface area contributed by atoms with Crippen molar-refractivity contribution < 1.29 is 24.2 Å². The Hall–Kier alpha value is -4.27. The molecule has 9 heteroatoms. The summed E-state index contributed by atoms with van der Waals surface area (Å²) < 4.78 is 5.61. The molecule has 1 heterocycles. The van der Waals surface area contributed by atoms with E-state index < -0.39 is 17.6 Å². The van der Waals surface area contributed by atoms with Gasteiger partial charge in [-0.05, 0) is 35.1 Å². The number of carboxylic acids is 1. The maximum atomic E-state index is 12.6. The van der Waals surface area contributed by atoms with Gasteiger partial charge in [-0.1, -0.05) is 48.5 Å². The van der Waals surface area contributed by atoms with E-state index in [0.717, 1.165) is 22.3 Å². The molecule has 0 saturated heterocycles. The Morgan fingerprint density at radius 3 is 2.14 bits per heavy atom. The van der Waals surface area contributed by atoms with Crippen LogP contribution in [0.4, 0.5) is 4.79 Å². The molecule has 3 N–H and O–H groups in total. The summed E-state index contributed by atoms with van der Waals surface area (Å²) in [5.74, 6) is -1.10. The Kier molecular flexibility index (Phi) is 5.90. The van der Waals surface area contributed by atoms with E-state index in [1.54, 1.807) is 0 Å². The summed E-state index contributed by atoms with van der Waals surface area (Å²) in [7, 11) is 0. The van der Waals surface area contributed by atoms with E-state index in [2.05, 4.69) is 44.9 Å². The van der Waals surface area contributed by atoms with Crippen LogP contribution in [0.1, 0.15) is 52.5 Å². The van der Waals surface area contributed by atoms with E-state index in [1.807, 2.05) is 24.3 Å². The van der Waals surface area contributed by atoms with Crippen LogP contribution in [0.15, 0.2) is 60.9 Å². The van der Waals surface area contributed by atoms with Gasteiger partial charge in [0.25, 0.3) is 0 Å². The van der Waals surface area contributed by atoms with Crippen LogP contribution < -0.4 is 10.6 Å². The molecule has 1 aromatic heterocycles. The molecule has 9 nitrogen and oxygen atoms in total. The number of aromatic nitrogens is 2. The van der Waals surface area contributed by atoms with Crippen LogP contribution >= 0.6 is 0 Å². The summed E-state index contributed by atoms with van der Waals surface area (Å²) in [6.07, 6.45) is 3.34. The number of amides is 2. The molecule has 3 aromatic rings. The number of benzene rings is 2. The van der Waals surface area contributed by atoms with Gasteiger partial charge in [0.05, 0.1) is 17.6 Å². The zero-order valence-electron chi connectivity index (χ0n) is 18.9. The average Bonchev–Trinajstić information content (AvgIpc) is 3.53. The molecule has 35 heavy (non-hydrogen) atoms. The molecule has 1 fully saturated rings. The van der Waals surface area contributed by atoms with Crippen molar-refractivity contribution in [2.24, 2.45) is 0 Å². The van der Waals surface area contributed by atoms with Crippen LogP contribution in [0, 0.1) is 0 Å². The largest absolute Gasteiger partial charge is 0.478 e. The van der Waals surface area contributed by atoms with Gasteiger partial charge in [-0.25, -0.2) is 19.6 Å². The molecule has 0 atom stereocenters. The highest BCUT2D eigenvalue weighted by Gasteiger charge is 2.46. The van der Waals surface area contributed by atoms with Crippen LogP contribution in [-0.4, -0.2) is 45.2 Å². The number of nitrogens with zero attached hydrogens (tertiary/aromatic N) is 2. The number of alkyl carbamates (subject to hydrolysis) is 1. The maximum absolute atomic E-state index is 12.6. The number of carboxylic acid groups (broad SMARTS) is 1. The summed E-state index contributed by atoms with van der Waals surface area (Å²) in [6, 6.07) is 16.3. The Morgan fingerprint density at radius 2 is 1.57 bits per heavy atom. The molecule has 1 saturated carbocycles. The second kappa shape index (κ2) is 9.17. The van der Waals surface area contributed by atoms with Crippen molar-refractivity contribution in [3.63, 3.8) is 0 Å². The van der Waals surface area contributed by atoms with Gasteiger partial charge in [0.1, 0.15) is 12.4 Å². The number of rotatable bonds is 8. The van der Waals surface area contributed by atoms with Gasteiger partial charge in [-0.3, -0.25) is 4.79 Å². The third-order valence-electron chi connectivity index (χ3n) is 6.46. The van der Waals surface area contributed by atoms with Crippen molar-refractivity contribution in [1.82, 2.24) is 20.6 Å². The van der Waals surface area contributed by atoms with Gasteiger partial charge in [0.15, 0.2) is 0 Å². The summed E-state index contributed by atoms with van der Waals surface area (Å²) in [5.41, 5.74) is 3.97. The molecule has 2 aromatic carbocycles.